The van der Waals surface area contributed by atoms with E-state index in [9.17, 15) is 8.78 Å². The quantitative estimate of drug-likeness (QED) is 0.330. The molecular formula is C32H39F3. The lowest BCUT2D eigenvalue weighted by Gasteiger charge is -2.28. The summed E-state index contributed by atoms with van der Waals surface area (Å²) in [5.74, 6) is -0.677. The summed E-state index contributed by atoms with van der Waals surface area (Å²) in [4.78, 5) is 0. The standard InChI is InChI=1S/C32H39F3/c1-3-5-6-24-12-18-27(30(33)21-24)17-11-23-9-15-26(16-10-23)29-20-19-28(31(34)32(29)35)25-13-7-22(4-2)8-14-25/h7-8,11,13-14,17,19-21,23-24,26-27H,3-6,9-10,12,15-16,18H2,1-2H3/b17-11+. The van der Waals surface area contributed by atoms with Crippen molar-refractivity contribution in [1.82, 2.24) is 0 Å². The number of halogens is 3. The summed E-state index contributed by atoms with van der Waals surface area (Å²) in [6, 6.07) is 11.2. The van der Waals surface area contributed by atoms with Gasteiger partial charge < -0.3 is 0 Å². The molecule has 2 aliphatic carbocycles. The Hall–Kier alpha value is -2.29. The SMILES string of the molecule is CCCCC1C=C(F)C(/C=C/C2CCC(c3ccc(-c4ccc(CC)cc4)c(F)c3F)CC2)CC1. The highest BCUT2D eigenvalue weighted by Crippen LogP contribution is 2.40. The molecule has 4 rings (SSSR count). The van der Waals surface area contributed by atoms with Gasteiger partial charge in [0, 0.05) is 11.5 Å². The molecule has 0 amide bonds. The van der Waals surface area contributed by atoms with E-state index in [-0.39, 0.29) is 17.7 Å². The maximum atomic E-state index is 15.1. The lowest BCUT2D eigenvalue weighted by atomic mass is 9.77. The maximum Gasteiger partial charge on any atom is 0.166 e. The van der Waals surface area contributed by atoms with Crippen LogP contribution in [-0.4, -0.2) is 0 Å². The Balaban J connectivity index is 1.35. The molecule has 0 spiro atoms. The zero-order valence-electron chi connectivity index (χ0n) is 21.2. The van der Waals surface area contributed by atoms with Crippen LogP contribution in [0.15, 0.2) is 60.5 Å². The second-order valence-electron chi connectivity index (χ2n) is 10.5. The third-order valence-corrected chi connectivity index (χ3v) is 8.14. The highest BCUT2D eigenvalue weighted by Gasteiger charge is 2.27. The van der Waals surface area contributed by atoms with Crippen molar-refractivity contribution < 1.29 is 13.2 Å². The number of unbranched alkanes of at least 4 members (excludes halogenated alkanes) is 1. The topological polar surface area (TPSA) is 0 Å². The Labute approximate surface area is 209 Å². The summed E-state index contributed by atoms with van der Waals surface area (Å²) in [6.45, 7) is 4.25. The Kier molecular flexibility index (Phi) is 8.92. The van der Waals surface area contributed by atoms with E-state index in [4.69, 9.17) is 0 Å². The molecule has 2 aromatic rings. The maximum absolute atomic E-state index is 15.1. The Morgan fingerprint density at radius 2 is 1.54 bits per heavy atom. The number of aryl methyl sites for hydroxylation is 1. The molecule has 0 heterocycles. The molecular weight excluding hydrogens is 441 g/mol. The number of allylic oxidation sites excluding steroid dienone is 4. The lowest BCUT2D eigenvalue weighted by Crippen LogP contribution is -2.15. The lowest BCUT2D eigenvalue weighted by molar-refractivity contribution is 0.359. The molecule has 0 aliphatic heterocycles. The fraction of sp³-hybridized carbons (Fsp3) is 0.500. The molecule has 2 atom stereocenters. The van der Waals surface area contributed by atoms with Crippen molar-refractivity contribution >= 4 is 0 Å². The van der Waals surface area contributed by atoms with Gasteiger partial charge in [-0.15, -0.1) is 0 Å². The fourth-order valence-corrected chi connectivity index (χ4v) is 5.78. The van der Waals surface area contributed by atoms with E-state index in [1.54, 1.807) is 12.1 Å². The monoisotopic (exact) mass is 480 g/mol. The summed E-state index contributed by atoms with van der Waals surface area (Å²) >= 11 is 0. The van der Waals surface area contributed by atoms with Crippen molar-refractivity contribution in [2.75, 3.05) is 0 Å². The first-order chi connectivity index (χ1) is 17.0. The number of benzene rings is 2. The summed E-state index contributed by atoms with van der Waals surface area (Å²) in [7, 11) is 0. The predicted octanol–water partition coefficient (Wildman–Crippen LogP) is 10.1. The first kappa shape index (κ1) is 25.8. The van der Waals surface area contributed by atoms with Crippen LogP contribution in [0.5, 0.6) is 0 Å². The minimum atomic E-state index is -0.745. The van der Waals surface area contributed by atoms with Gasteiger partial charge >= 0.3 is 0 Å². The van der Waals surface area contributed by atoms with Gasteiger partial charge in [0.1, 0.15) is 5.83 Å². The summed E-state index contributed by atoms with van der Waals surface area (Å²) in [5, 5.41) is 0. The van der Waals surface area contributed by atoms with Gasteiger partial charge in [0.05, 0.1) is 0 Å². The van der Waals surface area contributed by atoms with Gasteiger partial charge in [-0.25, -0.2) is 13.2 Å². The normalized spacial score (nSPS) is 25.1. The number of hydrogen-bond acceptors (Lipinski definition) is 0. The van der Waals surface area contributed by atoms with E-state index >= 15 is 4.39 Å². The van der Waals surface area contributed by atoms with Crippen LogP contribution in [0.25, 0.3) is 11.1 Å². The summed E-state index contributed by atoms with van der Waals surface area (Å²) < 4.78 is 44.6. The van der Waals surface area contributed by atoms with Crippen molar-refractivity contribution in [2.45, 2.75) is 84.0 Å². The Morgan fingerprint density at radius 1 is 0.800 bits per heavy atom. The van der Waals surface area contributed by atoms with E-state index in [2.05, 4.69) is 26.0 Å². The van der Waals surface area contributed by atoms with E-state index in [0.29, 0.717) is 28.5 Å². The smallest absolute Gasteiger partial charge is 0.166 e. The predicted molar refractivity (Wildman–Crippen MR) is 140 cm³/mol. The van der Waals surface area contributed by atoms with E-state index < -0.39 is 11.6 Å². The first-order valence-electron chi connectivity index (χ1n) is 13.6. The van der Waals surface area contributed by atoms with Crippen LogP contribution < -0.4 is 0 Å². The van der Waals surface area contributed by atoms with Crippen LogP contribution in [0.1, 0.15) is 88.7 Å². The molecule has 35 heavy (non-hydrogen) atoms. The third kappa shape index (κ3) is 6.29. The van der Waals surface area contributed by atoms with Gasteiger partial charge in [0.2, 0.25) is 0 Å². The largest absolute Gasteiger partial charge is 0.212 e. The minimum Gasteiger partial charge on any atom is -0.212 e. The molecule has 2 unspecified atom stereocenters. The molecule has 0 aromatic heterocycles. The van der Waals surface area contributed by atoms with E-state index in [1.807, 2.05) is 30.3 Å². The van der Waals surface area contributed by atoms with Crippen LogP contribution in [0, 0.1) is 29.4 Å². The van der Waals surface area contributed by atoms with Crippen molar-refractivity contribution in [3.8, 4) is 11.1 Å². The van der Waals surface area contributed by atoms with Crippen molar-refractivity contribution in [3.05, 3.63) is 83.2 Å². The number of hydrogen-bond donors (Lipinski definition) is 0. The van der Waals surface area contributed by atoms with E-state index in [1.165, 1.54) is 5.56 Å². The molecule has 1 fully saturated rings. The molecule has 0 radical (unpaired) electrons. The summed E-state index contributed by atoms with van der Waals surface area (Å²) in [6.07, 6.45) is 15.9. The number of rotatable bonds is 8. The van der Waals surface area contributed by atoms with Gasteiger partial charge in [0.25, 0.3) is 0 Å². The first-order valence-corrected chi connectivity index (χ1v) is 13.6. The molecule has 3 heteroatoms. The summed E-state index contributed by atoms with van der Waals surface area (Å²) in [5.41, 5.74) is 2.71. The molecule has 2 aliphatic rings. The van der Waals surface area contributed by atoms with E-state index in [0.717, 1.165) is 64.2 Å². The van der Waals surface area contributed by atoms with Crippen molar-refractivity contribution in [1.29, 1.82) is 0 Å². The van der Waals surface area contributed by atoms with Crippen LogP contribution in [0.2, 0.25) is 0 Å². The molecule has 0 N–H and O–H groups in total. The van der Waals surface area contributed by atoms with Crippen LogP contribution in [0.4, 0.5) is 13.2 Å². The highest BCUT2D eigenvalue weighted by atomic mass is 19.2. The second kappa shape index (κ2) is 12.1. The fourth-order valence-electron chi connectivity index (χ4n) is 5.78. The van der Waals surface area contributed by atoms with Crippen LogP contribution in [-0.2, 0) is 6.42 Å². The van der Waals surface area contributed by atoms with Gasteiger partial charge in [-0.2, -0.15) is 0 Å². The Bertz CT molecular complexity index is 1030. The second-order valence-corrected chi connectivity index (χ2v) is 10.5. The van der Waals surface area contributed by atoms with Crippen LogP contribution in [0.3, 0.4) is 0 Å². The molecule has 188 valence electrons. The zero-order valence-corrected chi connectivity index (χ0v) is 21.2. The highest BCUT2D eigenvalue weighted by molar-refractivity contribution is 5.65. The molecule has 0 saturated heterocycles. The minimum absolute atomic E-state index is 0.0317. The van der Waals surface area contributed by atoms with Crippen molar-refractivity contribution in [3.63, 3.8) is 0 Å². The van der Waals surface area contributed by atoms with Crippen LogP contribution >= 0.6 is 0 Å². The molecule has 0 nitrogen and oxygen atoms in total. The third-order valence-electron chi connectivity index (χ3n) is 8.14. The van der Waals surface area contributed by atoms with Crippen molar-refractivity contribution in [2.24, 2.45) is 17.8 Å². The zero-order chi connectivity index (χ0) is 24.8. The van der Waals surface area contributed by atoms with Gasteiger partial charge in [0.15, 0.2) is 11.6 Å². The van der Waals surface area contributed by atoms with Gasteiger partial charge in [-0.05, 0) is 91.9 Å². The van der Waals surface area contributed by atoms with Gasteiger partial charge in [-0.1, -0.05) is 75.2 Å². The Morgan fingerprint density at radius 3 is 2.20 bits per heavy atom. The average Bonchev–Trinajstić information content (AvgIpc) is 2.89. The molecule has 2 aromatic carbocycles. The van der Waals surface area contributed by atoms with Gasteiger partial charge in [-0.3, -0.25) is 0 Å². The molecule has 1 saturated carbocycles. The molecule has 0 bridgehead atoms. The average molecular weight is 481 g/mol.